The molecule has 0 fully saturated rings. The van der Waals surface area contributed by atoms with Gasteiger partial charge in [0.2, 0.25) is 4.83 Å². The second kappa shape index (κ2) is 5.70. The number of nitrogens with zero attached hydrogens (tertiary/aromatic N) is 2. The summed E-state index contributed by atoms with van der Waals surface area (Å²) in [6, 6.07) is 0. The van der Waals surface area contributed by atoms with E-state index >= 15 is 0 Å². The number of fused-ring (bicyclic) bond motifs is 5. The molecule has 1 aliphatic heterocycles. The molecule has 6 heteroatoms. The van der Waals surface area contributed by atoms with Crippen LogP contribution >= 0.6 is 39.0 Å². The lowest BCUT2D eigenvalue weighted by Crippen LogP contribution is -2.36. The Balaban J connectivity index is 1.95. The quantitative estimate of drug-likeness (QED) is 0.348. The highest BCUT2D eigenvalue weighted by Gasteiger charge is 2.37. The van der Waals surface area contributed by atoms with Crippen molar-refractivity contribution in [2.45, 2.75) is 50.4 Å². The smallest absolute Gasteiger partial charge is 0.363 e. The van der Waals surface area contributed by atoms with Gasteiger partial charge >= 0.3 is 5.16 Å². The van der Waals surface area contributed by atoms with E-state index in [0.29, 0.717) is 0 Å². The Bertz CT molecular complexity index is 701. The summed E-state index contributed by atoms with van der Waals surface area (Å²) in [5.41, 5.74) is 1.51. The van der Waals surface area contributed by atoms with Crippen molar-refractivity contribution in [3.8, 4) is 5.88 Å². The number of aromatic nitrogens is 2. The molecule has 0 amide bonds. The zero-order chi connectivity index (χ0) is 14.4. The monoisotopic (exact) mass is 385 g/mol. The Morgan fingerprint density at radius 2 is 2.29 bits per heavy atom. The van der Waals surface area contributed by atoms with Gasteiger partial charge in [0.1, 0.15) is 18.0 Å². The van der Waals surface area contributed by atoms with E-state index < -0.39 is 0 Å². The molecule has 0 saturated heterocycles. The summed E-state index contributed by atoms with van der Waals surface area (Å²) in [7, 11) is 0. The van der Waals surface area contributed by atoms with Crippen LogP contribution < -0.4 is 9.30 Å². The van der Waals surface area contributed by atoms with Crippen LogP contribution in [0.1, 0.15) is 30.2 Å². The van der Waals surface area contributed by atoms with Crippen molar-refractivity contribution < 1.29 is 9.30 Å². The molecule has 0 bridgehead atoms. The summed E-state index contributed by atoms with van der Waals surface area (Å²) in [6.45, 7) is 3.09. The van der Waals surface area contributed by atoms with E-state index in [0.717, 1.165) is 28.7 Å². The molecular formula is C15H18BrN2OS2+. The molecule has 3 nitrogen and oxygen atoms in total. The average Bonchev–Trinajstić information content (AvgIpc) is 3.07. The number of hydrogen-bond donors (Lipinski definition) is 0. The van der Waals surface area contributed by atoms with E-state index in [2.05, 4.69) is 27.4 Å². The van der Waals surface area contributed by atoms with E-state index in [1.807, 2.05) is 23.1 Å². The molecule has 0 saturated carbocycles. The van der Waals surface area contributed by atoms with Crippen molar-refractivity contribution in [1.29, 1.82) is 0 Å². The molecule has 0 aromatic carbocycles. The van der Waals surface area contributed by atoms with Gasteiger partial charge in [-0.05, 0) is 48.0 Å². The number of rotatable bonds is 3. The molecule has 2 aromatic heterocycles. The normalized spacial score (nSPS) is 20.4. The van der Waals surface area contributed by atoms with Gasteiger partial charge in [-0.15, -0.1) is 0 Å². The van der Waals surface area contributed by atoms with Gasteiger partial charge in [-0.3, -0.25) is 0 Å². The van der Waals surface area contributed by atoms with E-state index in [-0.39, 0.29) is 6.10 Å². The van der Waals surface area contributed by atoms with Crippen molar-refractivity contribution in [2.75, 3.05) is 11.1 Å². The fraction of sp³-hybridized carbons (Fsp3) is 0.600. The molecule has 4 rings (SSSR count). The lowest BCUT2D eigenvalue weighted by molar-refractivity contribution is -0.721. The summed E-state index contributed by atoms with van der Waals surface area (Å²) < 4.78 is 8.55. The van der Waals surface area contributed by atoms with Crippen molar-refractivity contribution in [1.82, 2.24) is 4.98 Å². The van der Waals surface area contributed by atoms with Gasteiger partial charge in [0.15, 0.2) is 0 Å². The highest BCUT2D eigenvalue weighted by Crippen LogP contribution is 2.41. The molecule has 1 atom stereocenters. The third-order valence-corrected chi connectivity index (χ3v) is 6.92. The average molecular weight is 386 g/mol. The lowest BCUT2D eigenvalue weighted by Gasteiger charge is -2.10. The Labute approximate surface area is 141 Å². The predicted octanol–water partition coefficient (Wildman–Crippen LogP) is 3.73. The van der Waals surface area contributed by atoms with Gasteiger partial charge in [-0.1, -0.05) is 34.2 Å². The van der Waals surface area contributed by atoms with E-state index in [1.54, 1.807) is 0 Å². The molecule has 0 N–H and O–H groups in total. The van der Waals surface area contributed by atoms with Gasteiger partial charge in [-0.2, -0.15) is 4.57 Å². The first-order valence-corrected chi connectivity index (χ1v) is 10.5. The summed E-state index contributed by atoms with van der Waals surface area (Å²) in [6.07, 6.45) is 5.25. The van der Waals surface area contributed by atoms with Crippen LogP contribution in [0.2, 0.25) is 0 Å². The molecule has 3 heterocycles. The minimum atomic E-state index is 0.229. The van der Waals surface area contributed by atoms with E-state index in [9.17, 15) is 0 Å². The highest BCUT2D eigenvalue weighted by molar-refractivity contribution is 9.09. The number of aryl methyl sites for hydroxylation is 2. The van der Waals surface area contributed by atoms with E-state index in [4.69, 9.17) is 9.72 Å². The maximum atomic E-state index is 6.25. The number of thioether (sulfide) groups is 1. The van der Waals surface area contributed by atoms with Gasteiger partial charge in [0.25, 0.3) is 5.88 Å². The van der Waals surface area contributed by atoms with Crippen LogP contribution in [0.3, 0.4) is 0 Å². The maximum Gasteiger partial charge on any atom is 0.363 e. The van der Waals surface area contributed by atoms with Gasteiger partial charge in [0, 0.05) is 16.0 Å². The topological polar surface area (TPSA) is 26.0 Å². The Morgan fingerprint density at radius 3 is 3.10 bits per heavy atom. The zero-order valence-corrected chi connectivity index (χ0v) is 15.2. The van der Waals surface area contributed by atoms with Crippen LogP contribution in [0.5, 0.6) is 5.88 Å². The summed E-state index contributed by atoms with van der Waals surface area (Å²) in [5.74, 6) is 2.11. The van der Waals surface area contributed by atoms with Crippen LogP contribution in [0.4, 0.5) is 0 Å². The third kappa shape index (κ3) is 2.30. The first-order chi connectivity index (χ1) is 10.3. The summed E-state index contributed by atoms with van der Waals surface area (Å²) in [5, 5.41) is 3.29. The van der Waals surface area contributed by atoms with E-state index in [1.165, 1.54) is 46.3 Å². The molecular weight excluding hydrogens is 368 g/mol. The Hall–Kier alpha value is -0.330. The van der Waals surface area contributed by atoms with Gasteiger partial charge in [-0.25, -0.2) is 0 Å². The highest BCUT2D eigenvalue weighted by atomic mass is 79.9. The third-order valence-electron chi connectivity index (χ3n) is 4.15. The minimum Gasteiger partial charge on any atom is -0.453 e. The number of ether oxygens (including phenoxy) is 1. The Morgan fingerprint density at radius 1 is 1.43 bits per heavy atom. The largest absolute Gasteiger partial charge is 0.453 e. The molecule has 21 heavy (non-hydrogen) atoms. The molecule has 112 valence electrons. The van der Waals surface area contributed by atoms with Crippen LogP contribution in [0.25, 0.3) is 10.2 Å². The first kappa shape index (κ1) is 14.3. The van der Waals surface area contributed by atoms with Crippen LogP contribution in [0.15, 0.2) is 5.16 Å². The molecule has 0 radical (unpaired) electrons. The first-order valence-electron chi connectivity index (χ1n) is 7.55. The van der Waals surface area contributed by atoms with Crippen LogP contribution in [-0.4, -0.2) is 22.2 Å². The molecule has 2 aromatic rings. The van der Waals surface area contributed by atoms with Crippen molar-refractivity contribution in [3.05, 3.63) is 10.4 Å². The van der Waals surface area contributed by atoms with Crippen LogP contribution in [0, 0.1) is 0 Å². The fourth-order valence-electron chi connectivity index (χ4n) is 3.22. The molecule has 1 aliphatic carbocycles. The molecule has 2 aliphatic rings. The maximum absolute atomic E-state index is 6.25. The molecule has 0 unspecified atom stereocenters. The molecule has 0 spiro atoms. The number of halogens is 1. The predicted molar refractivity (Wildman–Crippen MR) is 91.1 cm³/mol. The second-order valence-electron chi connectivity index (χ2n) is 5.53. The fourth-order valence-corrected chi connectivity index (χ4v) is 5.60. The number of alkyl halides is 1. The van der Waals surface area contributed by atoms with Crippen molar-refractivity contribution in [2.24, 2.45) is 0 Å². The second-order valence-corrected chi connectivity index (χ2v) is 8.49. The number of hydrogen-bond acceptors (Lipinski definition) is 4. The van der Waals surface area contributed by atoms with Crippen molar-refractivity contribution >= 4 is 49.2 Å². The van der Waals surface area contributed by atoms with Gasteiger partial charge < -0.3 is 4.74 Å². The summed E-state index contributed by atoms with van der Waals surface area (Å²) >= 11 is 7.27. The van der Waals surface area contributed by atoms with Crippen molar-refractivity contribution in [3.63, 3.8) is 0 Å². The van der Waals surface area contributed by atoms with Gasteiger partial charge in [0.05, 0.1) is 0 Å². The lowest BCUT2D eigenvalue weighted by atomic mass is 9.97. The van der Waals surface area contributed by atoms with Crippen LogP contribution in [-0.2, 0) is 19.4 Å². The summed E-state index contributed by atoms with van der Waals surface area (Å²) in [4.78, 5) is 7.68. The number of thiophene rings is 1. The Kier molecular flexibility index (Phi) is 3.88. The SMILES string of the molecule is CCSc1nc2sc3c(c2c2[n+]1C[C@H](CBr)O2)CCCC3. The standard InChI is InChI=1S/C15H18BrN2OS2/c1-2-20-15-17-13-12(10-5-3-4-6-11(10)21-13)14-18(15)8-9(7-16)19-14/h9H,2-8H2,1H3/q+1/t9-/m0/s1. The minimum absolute atomic E-state index is 0.229. The zero-order valence-electron chi connectivity index (χ0n) is 12.0.